The maximum Gasteiger partial charge on any atom is 0.0541 e. The molecule has 11 rings (SSSR count). The molecule has 11 aromatic rings. The smallest absolute Gasteiger partial charge is 0.0541 e. The van der Waals surface area contributed by atoms with E-state index in [2.05, 4.69) is 252 Å². The van der Waals surface area contributed by atoms with Crippen LogP contribution in [0.1, 0.15) is 0 Å². The molecule has 10 aromatic carbocycles. The molecule has 0 fully saturated rings. The Bertz CT molecular complexity index is 3230. The summed E-state index contributed by atoms with van der Waals surface area (Å²) in [4.78, 5) is 2.40. The molecule has 0 saturated heterocycles. The number of fused-ring (bicyclic) bond motifs is 4. The topological polar surface area (TPSA) is 8.17 Å². The molecule has 0 radical (unpaired) electrons. The number of hydrogen-bond acceptors (Lipinski definition) is 1. The van der Waals surface area contributed by atoms with Gasteiger partial charge in [0.1, 0.15) is 0 Å². The average molecular weight is 765 g/mol. The minimum atomic E-state index is 1.09. The highest BCUT2D eigenvalue weighted by Gasteiger charge is 2.20. The summed E-state index contributed by atoms with van der Waals surface area (Å²) < 4.78 is 2.42. The molecule has 0 amide bonds. The Morgan fingerprint density at radius 2 is 0.750 bits per heavy atom. The van der Waals surface area contributed by atoms with Gasteiger partial charge in [-0.15, -0.1) is 0 Å². The van der Waals surface area contributed by atoms with Crippen LogP contribution in [0.15, 0.2) is 243 Å². The number of anilines is 3. The predicted octanol–water partition coefficient (Wildman–Crippen LogP) is 16.1. The lowest BCUT2D eigenvalue weighted by Crippen LogP contribution is -2.11. The van der Waals surface area contributed by atoms with Crippen molar-refractivity contribution in [1.82, 2.24) is 4.57 Å². The molecular formula is C58H40N2. The van der Waals surface area contributed by atoms with Crippen LogP contribution in [0.25, 0.3) is 82.8 Å². The van der Waals surface area contributed by atoms with E-state index in [1.54, 1.807) is 0 Å². The number of aromatic nitrogens is 1. The van der Waals surface area contributed by atoms with Gasteiger partial charge < -0.3 is 9.47 Å². The molecule has 0 spiro atoms. The Hall–Kier alpha value is -7.94. The van der Waals surface area contributed by atoms with E-state index in [1.807, 2.05) is 0 Å². The van der Waals surface area contributed by atoms with E-state index in [4.69, 9.17) is 0 Å². The molecule has 282 valence electrons. The third-order valence-corrected chi connectivity index (χ3v) is 11.8. The van der Waals surface area contributed by atoms with E-state index >= 15 is 0 Å². The highest BCUT2D eigenvalue weighted by atomic mass is 15.1. The van der Waals surface area contributed by atoms with Crippen LogP contribution in [-0.2, 0) is 0 Å². The molecule has 60 heavy (non-hydrogen) atoms. The summed E-state index contributed by atoms with van der Waals surface area (Å²) in [6, 6.07) is 87.8. The van der Waals surface area contributed by atoms with Crippen molar-refractivity contribution in [3.05, 3.63) is 243 Å². The molecule has 0 aliphatic heterocycles. The highest BCUT2D eigenvalue weighted by molar-refractivity contribution is 6.10. The monoisotopic (exact) mass is 764 g/mol. The fourth-order valence-corrected chi connectivity index (χ4v) is 8.96. The third-order valence-electron chi connectivity index (χ3n) is 11.8. The first kappa shape index (κ1) is 35.2. The van der Waals surface area contributed by atoms with Crippen LogP contribution in [0, 0.1) is 0 Å². The summed E-state index contributed by atoms with van der Waals surface area (Å²) in [5, 5.41) is 4.98. The van der Waals surface area contributed by atoms with E-state index in [-0.39, 0.29) is 0 Å². The lowest BCUT2D eigenvalue weighted by molar-refractivity contribution is 1.18. The molecule has 2 heteroatoms. The standard InChI is InChI=1S/C58H40N2/c1-3-16-41(17-4-1)42-30-35-47(36-31-42)59(55-27-12-9-23-51(55)50-26-15-21-44-20-7-8-22-49(44)50)48-37-32-43(33-38-48)46-34-39-58(54(40-46)45-18-5-2-6-19-45)60-56-28-13-10-24-52(56)53-25-11-14-29-57(53)60/h1-40H. The van der Waals surface area contributed by atoms with Crippen molar-refractivity contribution in [2.45, 2.75) is 0 Å². The quantitative estimate of drug-likeness (QED) is 0.150. The second-order valence-corrected chi connectivity index (χ2v) is 15.3. The fourth-order valence-electron chi connectivity index (χ4n) is 8.96. The van der Waals surface area contributed by atoms with Gasteiger partial charge in [-0.25, -0.2) is 0 Å². The molecule has 0 aliphatic carbocycles. The lowest BCUT2D eigenvalue weighted by Gasteiger charge is -2.28. The molecule has 0 aliphatic rings. The Kier molecular flexibility index (Phi) is 8.87. The van der Waals surface area contributed by atoms with Gasteiger partial charge >= 0.3 is 0 Å². The number of hydrogen-bond donors (Lipinski definition) is 0. The molecule has 1 aromatic heterocycles. The second-order valence-electron chi connectivity index (χ2n) is 15.3. The largest absolute Gasteiger partial charge is 0.310 e. The first-order chi connectivity index (χ1) is 29.8. The van der Waals surface area contributed by atoms with Crippen molar-refractivity contribution in [3.8, 4) is 50.2 Å². The second kappa shape index (κ2) is 15.1. The number of benzene rings is 10. The third kappa shape index (κ3) is 6.23. The molecule has 0 saturated carbocycles. The van der Waals surface area contributed by atoms with Gasteiger partial charge in [-0.05, 0) is 98.8 Å². The zero-order chi connectivity index (χ0) is 39.8. The van der Waals surface area contributed by atoms with Crippen LogP contribution in [0.4, 0.5) is 17.1 Å². The number of rotatable bonds is 8. The van der Waals surface area contributed by atoms with Gasteiger partial charge in [0.25, 0.3) is 0 Å². The van der Waals surface area contributed by atoms with E-state index in [0.717, 1.165) is 28.3 Å². The van der Waals surface area contributed by atoms with Gasteiger partial charge in [-0.2, -0.15) is 0 Å². The average Bonchev–Trinajstić information content (AvgIpc) is 3.67. The van der Waals surface area contributed by atoms with Gasteiger partial charge in [0.2, 0.25) is 0 Å². The molecule has 0 N–H and O–H groups in total. The highest BCUT2D eigenvalue weighted by Crippen LogP contribution is 2.44. The zero-order valence-electron chi connectivity index (χ0n) is 33.0. The Balaban J connectivity index is 1.04. The van der Waals surface area contributed by atoms with Gasteiger partial charge in [-0.1, -0.05) is 188 Å². The summed E-state index contributed by atoms with van der Waals surface area (Å²) in [6.45, 7) is 0. The van der Waals surface area contributed by atoms with Crippen molar-refractivity contribution < 1.29 is 0 Å². The van der Waals surface area contributed by atoms with Crippen LogP contribution in [0.3, 0.4) is 0 Å². The minimum absolute atomic E-state index is 1.09. The van der Waals surface area contributed by atoms with Gasteiger partial charge in [0.15, 0.2) is 0 Å². The maximum atomic E-state index is 2.42. The summed E-state index contributed by atoms with van der Waals surface area (Å²) in [5.74, 6) is 0. The fraction of sp³-hybridized carbons (Fsp3) is 0. The minimum Gasteiger partial charge on any atom is -0.310 e. The van der Waals surface area contributed by atoms with Crippen molar-refractivity contribution >= 4 is 49.6 Å². The van der Waals surface area contributed by atoms with Gasteiger partial charge in [0, 0.05) is 33.3 Å². The predicted molar refractivity (Wildman–Crippen MR) is 255 cm³/mol. The molecule has 2 nitrogen and oxygen atoms in total. The van der Waals surface area contributed by atoms with Crippen LogP contribution in [0.5, 0.6) is 0 Å². The number of para-hydroxylation sites is 3. The molecule has 0 atom stereocenters. The van der Waals surface area contributed by atoms with Crippen LogP contribution < -0.4 is 4.90 Å². The van der Waals surface area contributed by atoms with E-state index < -0.39 is 0 Å². The van der Waals surface area contributed by atoms with Crippen molar-refractivity contribution in [2.24, 2.45) is 0 Å². The first-order valence-electron chi connectivity index (χ1n) is 20.6. The van der Waals surface area contributed by atoms with Gasteiger partial charge in [0.05, 0.1) is 22.4 Å². The van der Waals surface area contributed by atoms with Gasteiger partial charge in [-0.3, -0.25) is 0 Å². The molecule has 0 bridgehead atoms. The SMILES string of the molecule is c1ccc(-c2ccc(N(c3ccc(-c4ccc(-n5c6ccccc6c6ccccc65)c(-c5ccccc5)c4)cc3)c3ccccc3-c3cccc4ccccc34)cc2)cc1. The van der Waals surface area contributed by atoms with Crippen molar-refractivity contribution in [2.75, 3.05) is 4.90 Å². The maximum absolute atomic E-state index is 2.42. The Labute approximate surface area is 350 Å². The Morgan fingerprint density at radius 3 is 1.42 bits per heavy atom. The van der Waals surface area contributed by atoms with Crippen LogP contribution in [0.2, 0.25) is 0 Å². The van der Waals surface area contributed by atoms with E-state index in [0.29, 0.717) is 0 Å². The summed E-state index contributed by atoms with van der Waals surface area (Å²) in [5.41, 5.74) is 16.3. The number of nitrogens with zero attached hydrogens (tertiary/aromatic N) is 2. The van der Waals surface area contributed by atoms with E-state index in [1.165, 1.54) is 71.5 Å². The molecular weight excluding hydrogens is 725 g/mol. The van der Waals surface area contributed by atoms with Crippen LogP contribution in [-0.4, -0.2) is 4.57 Å². The Morgan fingerprint density at radius 1 is 0.283 bits per heavy atom. The summed E-state index contributed by atoms with van der Waals surface area (Å²) in [6.07, 6.45) is 0. The van der Waals surface area contributed by atoms with Crippen molar-refractivity contribution in [1.29, 1.82) is 0 Å². The molecule has 1 heterocycles. The van der Waals surface area contributed by atoms with E-state index in [9.17, 15) is 0 Å². The lowest BCUT2D eigenvalue weighted by atomic mass is 9.95. The van der Waals surface area contributed by atoms with Crippen LogP contribution >= 0.6 is 0 Å². The zero-order valence-corrected chi connectivity index (χ0v) is 33.0. The normalized spacial score (nSPS) is 11.3. The first-order valence-corrected chi connectivity index (χ1v) is 20.6. The summed E-state index contributed by atoms with van der Waals surface area (Å²) >= 11 is 0. The summed E-state index contributed by atoms with van der Waals surface area (Å²) in [7, 11) is 0. The molecule has 0 unspecified atom stereocenters. The van der Waals surface area contributed by atoms with Crippen molar-refractivity contribution in [3.63, 3.8) is 0 Å².